The van der Waals surface area contributed by atoms with Crippen LogP contribution in [0.25, 0.3) is 0 Å². The van der Waals surface area contributed by atoms with Crippen molar-refractivity contribution in [3.63, 3.8) is 0 Å². The number of rotatable bonds is 5. The van der Waals surface area contributed by atoms with E-state index in [2.05, 4.69) is 5.32 Å². The maximum Gasteiger partial charge on any atom is 0.326 e. The van der Waals surface area contributed by atoms with Gasteiger partial charge in [0.25, 0.3) is 5.91 Å². The van der Waals surface area contributed by atoms with Crippen molar-refractivity contribution in [3.05, 3.63) is 29.6 Å². The monoisotopic (exact) mass is 363 g/mol. The van der Waals surface area contributed by atoms with E-state index in [9.17, 15) is 14.0 Å². The molecule has 1 aliphatic carbocycles. The number of amides is 3. The summed E-state index contributed by atoms with van der Waals surface area (Å²) in [4.78, 5) is 28.5. The minimum atomic E-state index is -0.748. The molecule has 1 aromatic carbocycles. The SMILES string of the molecule is COc1ccc(CN(C)CN2C(=O)N[C@]3(CCCC[C@@H]3C)C2=O)cc1F. The molecule has 1 saturated carbocycles. The Balaban J connectivity index is 1.67. The van der Waals surface area contributed by atoms with Crippen LogP contribution in [0.15, 0.2) is 18.2 Å². The predicted molar refractivity (Wildman–Crippen MR) is 95.0 cm³/mol. The number of imide groups is 1. The van der Waals surface area contributed by atoms with Gasteiger partial charge in [0.05, 0.1) is 13.8 Å². The molecule has 0 radical (unpaired) electrons. The molecule has 2 aliphatic rings. The lowest BCUT2D eigenvalue weighted by atomic mass is 9.73. The summed E-state index contributed by atoms with van der Waals surface area (Å²) in [6.45, 7) is 2.62. The van der Waals surface area contributed by atoms with E-state index in [-0.39, 0.29) is 30.3 Å². The molecule has 7 heteroatoms. The zero-order chi connectivity index (χ0) is 18.9. The van der Waals surface area contributed by atoms with E-state index in [1.165, 1.54) is 18.1 Å². The Morgan fingerprint density at radius 3 is 2.81 bits per heavy atom. The van der Waals surface area contributed by atoms with Gasteiger partial charge in [-0.2, -0.15) is 0 Å². The number of hydrogen-bond acceptors (Lipinski definition) is 4. The lowest BCUT2D eigenvalue weighted by molar-refractivity contribution is -0.135. The van der Waals surface area contributed by atoms with Gasteiger partial charge in [0.2, 0.25) is 0 Å². The number of nitrogens with one attached hydrogen (secondary N) is 1. The van der Waals surface area contributed by atoms with Crippen molar-refractivity contribution in [2.24, 2.45) is 5.92 Å². The number of carbonyl (C=O) groups is 2. The molecule has 0 aromatic heterocycles. The molecule has 142 valence electrons. The summed E-state index contributed by atoms with van der Waals surface area (Å²) in [5.41, 5.74) is 0.00108. The summed E-state index contributed by atoms with van der Waals surface area (Å²) in [6.07, 6.45) is 3.68. The molecule has 26 heavy (non-hydrogen) atoms. The second-order valence-electron chi connectivity index (χ2n) is 7.41. The zero-order valence-electron chi connectivity index (χ0n) is 15.5. The molecule has 1 heterocycles. The molecule has 3 amide bonds. The van der Waals surface area contributed by atoms with Crippen molar-refractivity contribution < 1.29 is 18.7 Å². The van der Waals surface area contributed by atoms with Crippen LogP contribution in [0.5, 0.6) is 5.75 Å². The third kappa shape index (κ3) is 3.28. The fourth-order valence-electron chi connectivity index (χ4n) is 4.04. The molecule has 6 nitrogen and oxygen atoms in total. The molecule has 1 saturated heterocycles. The van der Waals surface area contributed by atoms with Crippen LogP contribution in [-0.2, 0) is 11.3 Å². The summed E-state index contributed by atoms with van der Waals surface area (Å²) < 4.78 is 18.8. The summed E-state index contributed by atoms with van der Waals surface area (Å²) in [5.74, 6) is -0.233. The number of nitrogens with zero attached hydrogens (tertiary/aromatic N) is 2. The highest BCUT2D eigenvalue weighted by Crippen LogP contribution is 2.38. The highest BCUT2D eigenvalue weighted by Gasteiger charge is 2.54. The Hall–Kier alpha value is -2.15. The fraction of sp³-hybridized carbons (Fsp3) is 0.579. The summed E-state index contributed by atoms with van der Waals surface area (Å²) >= 11 is 0. The van der Waals surface area contributed by atoms with Gasteiger partial charge >= 0.3 is 6.03 Å². The number of urea groups is 1. The Labute approximate surface area is 153 Å². The molecule has 2 atom stereocenters. The van der Waals surface area contributed by atoms with Gasteiger partial charge in [-0.3, -0.25) is 9.69 Å². The van der Waals surface area contributed by atoms with Crippen molar-refractivity contribution in [3.8, 4) is 5.75 Å². The fourth-order valence-corrected chi connectivity index (χ4v) is 4.04. The molecule has 3 rings (SSSR count). The van der Waals surface area contributed by atoms with Gasteiger partial charge in [-0.1, -0.05) is 25.8 Å². The summed E-state index contributed by atoms with van der Waals surface area (Å²) in [7, 11) is 3.22. The first-order valence-electron chi connectivity index (χ1n) is 9.02. The smallest absolute Gasteiger partial charge is 0.326 e. The number of halogens is 1. The van der Waals surface area contributed by atoms with Gasteiger partial charge in [0.1, 0.15) is 5.54 Å². The molecule has 1 aromatic rings. The lowest BCUT2D eigenvalue weighted by Crippen LogP contribution is -2.54. The van der Waals surface area contributed by atoms with Crippen molar-refractivity contribution in [2.45, 2.75) is 44.7 Å². The highest BCUT2D eigenvalue weighted by atomic mass is 19.1. The van der Waals surface area contributed by atoms with Crippen LogP contribution in [-0.4, -0.2) is 48.1 Å². The van der Waals surface area contributed by atoms with E-state index in [0.29, 0.717) is 13.0 Å². The van der Waals surface area contributed by atoms with Crippen LogP contribution in [0.3, 0.4) is 0 Å². The molecule has 0 unspecified atom stereocenters. The minimum Gasteiger partial charge on any atom is -0.494 e. The number of carbonyl (C=O) groups excluding carboxylic acids is 2. The van der Waals surface area contributed by atoms with Gasteiger partial charge in [-0.05, 0) is 43.5 Å². The topological polar surface area (TPSA) is 61.9 Å². The van der Waals surface area contributed by atoms with Crippen LogP contribution in [0.4, 0.5) is 9.18 Å². The lowest BCUT2D eigenvalue weighted by Gasteiger charge is -2.37. The molecular weight excluding hydrogens is 337 g/mol. The highest BCUT2D eigenvalue weighted by molar-refractivity contribution is 6.07. The minimum absolute atomic E-state index is 0.137. The van der Waals surface area contributed by atoms with Crippen LogP contribution in [0.2, 0.25) is 0 Å². The van der Waals surface area contributed by atoms with Gasteiger partial charge in [-0.15, -0.1) is 0 Å². The van der Waals surface area contributed by atoms with E-state index in [1.54, 1.807) is 19.2 Å². The third-order valence-corrected chi connectivity index (χ3v) is 5.55. The average molecular weight is 363 g/mol. The van der Waals surface area contributed by atoms with Crippen LogP contribution < -0.4 is 10.1 Å². The van der Waals surface area contributed by atoms with Crippen molar-refractivity contribution in [1.82, 2.24) is 15.1 Å². The van der Waals surface area contributed by atoms with E-state index in [1.807, 2.05) is 11.8 Å². The molecular formula is C19H26FN3O3. The van der Waals surface area contributed by atoms with Crippen LogP contribution in [0.1, 0.15) is 38.2 Å². The molecule has 1 N–H and O–H groups in total. The maximum absolute atomic E-state index is 13.8. The van der Waals surface area contributed by atoms with Gasteiger partial charge in [-0.25, -0.2) is 14.1 Å². The van der Waals surface area contributed by atoms with E-state index < -0.39 is 11.4 Å². The maximum atomic E-state index is 13.8. The summed E-state index contributed by atoms with van der Waals surface area (Å²) in [6, 6.07) is 4.42. The Morgan fingerprint density at radius 1 is 1.38 bits per heavy atom. The third-order valence-electron chi connectivity index (χ3n) is 5.55. The van der Waals surface area contributed by atoms with Crippen molar-refractivity contribution >= 4 is 11.9 Å². The number of hydrogen-bond donors (Lipinski definition) is 1. The van der Waals surface area contributed by atoms with E-state index in [4.69, 9.17) is 4.74 Å². The molecule has 1 aliphatic heterocycles. The quantitative estimate of drug-likeness (QED) is 0.817. The van der Waals surface area contributed by atoms with Crippen LogP contribution >= 0.6 is 0 Å². The number of methoxy groups -OCH3 is 1. The van der Waals surface area contributed by atoms with E-state index >= 15 is 0 Å². The first-order valence-corrected chi connectivity index (χ1v) is 9.02. The average Bonchev–Trinajstić information content (AvgIpc) is 2.83. The second kappa shape index (κ2) is 7.23. The first-order chi connectivity index (χ1) is 12.4. The van der Waals surface area contributed by atoms with E-state index in [0.717, 1.165) is 24.8 Å². The molecule has 0 bridgehead atoms. The van der Waals surface area contributed by atoms with Crippen molar-refractivity contribution in [2.75, 3.05) is 20.8 Å². The van der Waals surface area contributed by atoms with Crippen LogP contribution in [0, 0.1) is 11.7 Å². The van der Waals surface area contributed by atoms with Gasteiger partial charge in [0.15, 0.2) is 11.6 Å². The Kier molecular flexibility index (Phi) is 5.18. The Bertz CT molecular complexity index is 711. The predicted octanol–water partition coefficient (Wildman–Crippen LogP) is 2.72. The van der Waals surface area contributed by atoms with Gasteiger partial charge in [0, 0.05) is 6.54 Å². The molecule has 2 fully saturated rings. The van der Waals surface area contributed by atoms with Gasteiger partial charge < -0.3 is 10.1 Å². The standard InChI is InChI=1S/C19H26FN3O3/c1-13-6-4-5-9-19(13)17(24)23(18(25)21-19)12-22(2)11-14-7-8-16(26-3)15(20)10-14/h7-8,10,13H,4-6,9,11-12H2,1-3H3,(H,21,25)/t13-,19-/m0/s1. The Morgan fingerprint density at radius 2 is 2.15 bits per heavy atom. The number of ether oxygens (including phenoxy) is 1. The number of benzene rings is 1. The largest absolute Gasteiger partial charge is 0.494 e. The molecule has 1 spiro atoms. The first kappa shape index (κ1) is 18.6. The van der Waals surface area contributed by atoms with Crippen molar-refractivity contribution in [1.29, 1.82) is 0 Å². The normalized spacial score (nSPS) is 25.9. The summed E-state index contributed by atoms with van der Waals surface area (Å²) in [5, 5.41) is 2.95. The zero-order valence-corrected chi connectivity index (χ0v) is 15.5. The second-order valence-corrected chi connectivity index (χ2v) is 7.41.